The molecule has 2 rings (SSSR count). The van der Waals surface area contributed by atoms with Crippen LogP contribution in [0.2, 0.25) is 0 Å². The highest BCUT2D eigenvalue weighted by Crippen LogP contribution is 2.37. The Hall–Kier alpha value is -2.52. The molecule has 0 aromatic heterocycles. The van der Waals surface area contributed by atoms with Crippen LogP contribution in [0.15, 0.2) is 42.5 Å². The van der Waals surface area contributed by atoms with E-state index in [-0.39, 0.29) is 11.1 Å². The van der Waals surface area contributed by atoms with E-state index >= 15 is 0 Å². The molecule has 0 saturated heterocycles. The summed E-state index contributed by atoms with van der Waals surface area (Å²) in [7, 11) is 0. The van der Waals surface area contributed by atoms with E-state index in [4.69, 9.17) is 0 Å². The van der Waals surface area contributed by atoms with Gasteiger partial charge in [0.15, 0.2) is 0 Å². The number of halogens is 8. The van der Waals surface area contributed by atoms with Crippen LogP contribution in [0.25, 0.3) is 11.1 Å². The first-order valence-electron chi connectivity index (χ1n) is 6.47. The molecule has 0 aliphatic carbocycles. The van der Waals surface area contributed by atoms with Gasteiger partial charge in [0.2, 0.25) is 0 Å². The Morgan fingerprint density at radius 2 is 1.40 bits per heavy atom. The lowest BCUT2D eigenvalue weighted by atomic mass is 10.0. The summed E-state index contributed by atoms with van der Waals surface area (Å²) < 4.78 is 108. The van der Waals surface area contributed by atoms with Crippen molar-refractivity contribution in [1.29, 1.82) is 0 Å². The van der Waals surface area contributed by atoms with E-state index < -0.39 is 36.2 Å². The predicted octanol–water partition coefficient (Wildman–Crippen LogP) is 5.87. The Bertz CT molecular complexity index is 737. The maximum atomic E-state index is 12.9. The van der Waals surface area contributed by atoms with E-state index in [2.05, 4.69) is 9.47 Å². The topological polar surface area (TPSA) is 18.5 Å². The number of alkyl halides is 8. The van der Waals surface area contributed by atoms with Crippen molar-refractivity contribution in [3.8, 4) is 22.6 Å². The number of benzene rings is 2. The molecule has 25 heavy (non-hydrogen) atoms. The second-order valence-electron chi connectivity index (χ2n) is 4.70. The van der Waals surface area contributed by atoms with Gasteiger partial charge in [-0.2, -0.15) is 22.0 Å². The van der Waals surface area contributed by atoms with Gasteiger partial charge in [0.05, 0.1) is 5.56 Å². The molecule has 136 valence electrons. The average molecular weight is 372 g/mol. The van der Waals surface area contributed by atoms with Gasteiger partial charge in [0, 0.05) is 0 Å². The minimum absolute atomic E-state index is 0.105. The molecule has 0 aliphatic rings. The summed E-state index contributed by atoms with van der Waals surface area (Å²) in [6.07, 6.45) is -9.85. The molecular formula is C15H8F8O2. The van der Waals surface area contributed by atoms with E-state index in [0.29, 0.717) is 12.1 Å². The van der Waals surface area contributed by atoms with Crippen LogP contribution in [0.1, 0.15) is 5.56 Å². The third-order valence-corrected chi connectivity index (χ3v) is 2.86. The summed E-state index contributed by atoms with van der Waals surface area (Å²) in [6.45, 7) is -3.36. The molecule has 0 atom stereocenters. The summed E-state index contributed by atoms with van der Waals surface area (Å²) in [5.74, 6) is -1.44. The zero-order valence-corrected chi connectivity index (χ0v) is 12.0. The Labute approximate surface area is 135 Å². The van der Waals surface area contributed by atoms with Gasteiger partial charge in [-0.05, 0) is 41.5 Å². The first kappa shape index (κ1) is 18.8. The minimum atomic E-state index is -4.99. The number of hydrogen-bond donors (Lipinski definition) is 0. The van der Waals surface area contributed by atoms with Crippen molar-refractivity contribution in [3.05, 3.63) is 48.0 Å². The molecule has 10 heteroatoms. The summed E-state index contributed by atoms with van der Waals surface area (Å²) in [6, 6.07) is 5.91. The lowest BCUT2D eigenvalue weighted by Crippen LogP contribution is -2.17. The largest absolute Gasteiger partial charge is 0.573 e. The van der Waals surface area contributed by atoms with Crippen LogP contribution >= 0.6 is 0 Å². The molecule has 0 spiro atoms. The fraction of sp³-hybridized carbons (Fsp3) is 0.200. The number of ether oxygens (including phenoxy) is 2. The van der Waals surface area contributed by atoms with E-state index in [9.17, 15) is 35.1 Å². The van der Waals surface area contributed by atoms with E-state index in [0.717, 1.165) is 24.3 Å². The Morgan fingerprint density at radius 3 is 1.96 bits per heavy atom. The first-order chi connectivity index (χ1) is 11.4. The molecule has 2 nitrogen and oxygen atoms in total. The van der Waals surface area contributed by atoms with Crippen molar-refractivity contribution in [2.24, 2.45) is 0 Å². The van der Waals surface area contributed by atoms with Crippen LogP contribution in [0.4, 0.5) is 35.1 Å². The lowest BCUT2D eigenvalue weighted by molar-refractivity contribution is -0.274. The molecule has 0 radical (unpaired) electrons. The summed E-state index contributed by atoms with van der Waals surface area (Å²) >= 11 is 0. The molecule has 0 fully saturated rings. The molecule has 2 aromatic carbocycles. The van der Waals surface area contributed by atoms with E-state index in [1.54, 1.807) is 0 Å². The second kappa shape index (κ2) is 6.77. The third-order valence-electron chi connectivity index (χ3n) is 2.86. The zero-order valence-electron chi connectivity index (χ0n) is 12.0. The molecule has 0 heterocycles. The molecule has 0 aliphatic heterocycles. The highest BCUT2D eigenvalue weighted by atomic mass is 19.4. The molecule has 0 unspecified atom stereocenters. The first-order valence-corrected chi connectivity index (χ1v) is 6.47. The van der Waals surface area contributed by atoms with Crippen LogP contribution in [0.5, 0.6) is 11.5 Å². The summed E-state index contributed by atoms with van der Waals surface area (Å²) in [5, 5.41) is 0. The molecule has 0 bridgehead atoms. The summed E-state index contributed by atoms with van der Waals surface area (Å²) in [5.41, 5.74) is -1.66. The van der Waals surface area contributed by atoms with Crippen LogP contribution in [-0.2, 0) is 6.18 Å². The van der Waals surface area contributed by atoms with E-state index in [1.165, 1.54) is 6.07 Å². The number of rotatable bonds is 4. The normalized spacial score (nSPS) is 12.4. The van der Waals surface area contributed by atoms with Crippen molar-refractivity contribution in [3.63, 3.8) is 0 Å². The van der Waals surface area contributed by atoms with Gasteiger partial charge in [0.25, 0.3) is 0 Å². The Balaban J connectivity index is 2.49. The molecule has 0 N–H and O–H groups in total. The van der Waals surface area contributed by atoms with Crippen molar-refractivity contribution in [1.82, 2.24) is 0 Å². The SMILES string of the molecule is FC(F)Oc1cc(-c2cccc(OC(F)(F)F)c2)cc(C(F)(F)F)c1. The quantitative estimate of drug-likeness (QED) is 0.625. The van der Waals surface area contributed by atoms with Crippen LogP contribution < -0.4 is 9.47 Å². The van der Waals surface area contributed by atoms with Gasteiger partial charge in [-0.3, -0.25) is 0 Å². The third kappa shape index (κ3) is 5.50. The molecule has 0 saturated carbocycles. The minimum Gasteiger partial charge on any atom is -0.435 e. The van der Waals surface area contributed by atoms with Gasteiger partial charge in [-0.25, -0.2) is 0 Å². The lowest BCUT2D eigenvalue weighted by Gasteiger charge is -2.14. The monoisotopic (exact) mass is 372 g/mol. The predicted molar refractivity (Wildman–Crippen MR) is 70.2 cm³/mol. The van der Waals surface area contributed by atoms with Gasteiger partial charge >= 0.3 is 19.2 Å². The van der Waals surface area contributed by atoms with Crippen LogP contribution in [-0.4, -0.2) is 13.0 Å². The maximum absolute atomic E-state index is 12.9. The number of hydrogen-bond acceptors (Lipinski definition) is 2. The van der Waals surface area contributed by atoms with Crippen molar-refractivity contribution >= 4 is 0 Å². The van der Waals surface area contributed by atoms with Gasteiger partial charge in [-0.1, -0.05) is 12.1 Å². The maximum Gasteiger partial charge on any atom is 0.573 e. The fourth-order valence-electron chi connectivity index (χ4n) is 1.97. The fourth-order valence-corrected chi connectivity index (χ4v) is 1.97. The van der Waals surface area contributed by atoms with Crippen LogP contribution in [0, 0.1) is 0 Å². The second-order valence-corrected chi connectivity index (χ2v) is 4.70. The van der Waals surface area contributed by atoms with Crippen molar-refractivity contribution < 1.29 is 44.6 Å². The van der Waals surface area contributed by atoms with Crippen molar-refractivity contribution in [2.45, 2.75) is 19.2 Å². The standard InChI is InChI=1S/C15H8F8O2/c16-13(17)24-12-6-9(4-10(7-12)14(18,19)20)8-2-1-3-11(5-8)25-15(21,22)23/h1-7,13H. The highest BCUT2D eigenvalue weighted by Gasteiger charge is 2.33. The molecule has 2 aromatic rings. The van der Waals surface area contributed by atoms with Gasteiger partial charge < -0.3 is 9.47 Å². The van der Waals surface area contributed by atoms with Gasteiger partial charge in [0.1, 0.15) is 11.5 Å². The highest BCUT2D eigenvalue weighted by molar-refractivity contribution is 5.68. The van der Waals surface area contributed by atoms with E-state index in [1.807, 2.05) is 0 Å². The summed E-state index contributed by atoms with van der Waals surface area (Å²) in [4.78, 5) is 0. The van der Waals surface area contributed by atoms with Crippen molar-refractivity contribution in [2.75, 3.05) is 0 Å². The van der Waals surface area contributed by atoms with Crippen LogP contribution in [0.3, 0.4) is 0 Å². The smallest absolute Gasteiger partial charge is 0.435 e. The molecule has 0 amide bonds. The Kier molecular flexibility index (Phi) is 5.09. The van der Waals surface area contributed by atoms with Gasteiger partial charge in [-0.15, -0.1) is 13.2 Å². The average Bonchev–Trinajstić information content (AvgIpc) is 2.43. The molecular weight excluding hydrogens is 364 g/mol. The zero-order chi connectivity index (χ0) is 18.8. The Morgan fingerprint density at radius 1 is 0.760 bits per heavy atom.